The summed E-state index contributed by atoms with van der Waals surface area (Å²) in [5.41, 5.74) is 0. The van der Waals surface area contributed by atoms with Crippen LogP contribution in [0.15, 0.2) is 24.3 Å². The Morgan fingerprint density at radius 2 is 1.80 bits per heavy atom. The second-order valence-corrected chi connectivity index (χ2v) is 4.24. The molecule has 1 unspecified atom stereocenters. The van der Waals surface area contributed by atoms with Crippen LogP contribution in [0.1, 0.15) is 20.3 Å². The number of amides is 1. The Labute approximate surface area is 117 Å². The van der Waals surface area contributed by atoms with Gasteiger partial charge in [-0.25, -0.2) is 4.79 Å². The van der Waals surface area contributed by atoms with Crippen LogP contribution >= 0.6 is 0 Å². The standard InChI is InChI=1S/C14H19NO5/c1-4-12(14(17)18)15-13(16)9(2)20-11-7-5-10(19-3)6-8-11/h5-9,12H,4H2,1-3H3,(H,15,16)(H,17,18)/t9?,12-/m1/s1. The highest BCUT2D eigenvalue weighted by molar-refractivity contribution is 5.86. The molecule has 0 heterocycles. The van der Waals surface area contributed by atoms with Gasteiger partial charge in [-0.15, -0.1) is 0 Å². The van der Waals surface area contributed by atoms with E-state index < -0.39 is 24.0 Å². The number of carbonyl (C=O) groups excluding carboxylic acids is 1. The Morgan fingerprint density at radius 1 is 1.25 bits per heavy atom. The lowest BCUT2D eigenvalue weighted by Gasteiger charge is -2.18. The smallest absolute Gasteiger partial charge is 0.326 e. The van der Waals surface area contributed by atoms with Gasteiger partial charge in [0, 0.05) is 0 Å². The lowest BCUT2D eigenvalue weighted by Crippen LogP contribution is -2.45. The summed E-state index contributed by atoms with van der Waals surface area (Å²) in [6.07, 6.45) is -0.465. The largest absolute Gasteiger partial charge is 0.497 e. The predicted molar refractivity (Wildman–Crippen MR) is 72.9 cm³/mol. The molecule has 0 radical (unpaired) electrons. The number of carbonyl (C=O) groups is 2. The Bertz CT molecular complexity index is 457. The highest BCUT2D eigenvalue weighted by Crippen LogP contribution is 2.18. The fourth-order valence-corrected chi connectivity index (χ4v) is 1.54. The average Bonchev–Trinajstić information content (AvgIpc) is 2.44. The van der Waals surface area contributed by atoms with Crippen molar-refractivity contribution in [2.75, 3.05) is 7.11 Å². The molecule has 6 nitrogen and oxygen atoms in total. The molecule has 0 fully saturated rings. The van der Waals surface area contributed by atoms with Crippen molar-refractivity contribution in [2.24, 2.45) is 0 Å². The Morgan fingerprint density at radius 3 is 2.25 bits per heavy atom. The van der Waals surface area contributed by atoms with Crippen molar-refractivity contribution in [1.82, 2.24) is 5.32 Å². The molecule has 1 aromatic rings. The van der Waals surface area contributed by atoms with Gasteiger partial charge in [0.1, 0.15) is 17.5 Å². The summed E-state index contributed by atoms with van der Waals surface area (Å²) in [7, 11) is 1.56. The minimum atomic E-state index is -1.06. The van der Waals surface area contributed by atoms with Gasteiger partial charge in [-0.1, -0.05) is 6.92 Å². The molecule has 1 amide bonds. The van der Waals surface area contributed by atoms with E-state index in [1.807, 2.05) is 0 Å². The highest BCUT2D eigenvalue weighted by Gasteiger charge is 2.22. The van der Waals surface area contributed by atoms with E-state index in [0.717, 1.165) is 0 Å². The Hall–Kier alpha value is -2.24. The molecule has 0 bridgehead atoms. The first-order valence-corrected chi connectivity index (χ1v) is 6.31. The summed E-state index contributed by atoms with van der Waals surface area (Å²) in [4.78, 5) is 22.7. The van der Waals surface area contributed by atoms with Crippen LogP contribution in [0.4, 0.5) is 0 Å². The van der Waals surface area contributed by atoms with E-state index >= 15 is 0 Å². The molecule has 0 spiro atoms. The number of hydrogen-bond acceptors (Lipinski definition) is 4. The minimum absolute atomic E-state index is 0.316. The SMILES string of the molecule is CC[C@@H](NC(=O)C(C)Oc1ccc(OC)cc1)C(=O)O. The number of hydrogen-bond donors (Lipinski definition) is 2. The summed E-state index contributed by atoms with van der Waals surface area (Å²) < 4.78 is 10.5. The molecular formula is C14H19NO5. The number of ether oxygens (including phenoxy) is 2. The van der Waals surface area contributed by atoms with Crippen molar-refractivity contribution in [3.63, 3.8) is 0 Å². The van der Waals surface area contributed by atoms with Crippen LogP contribution < -0.4 is 14.8 Å². The van der Waals surface area contributed by atoms with Crippen LogP contribution in [0.2, 0.25) is 0 Å². The number of methoxy groups -OCH3 is 1. The lowest BCUT2D eigenvalue weighted by atomic mass is 10.2. The van der Waals surface area contributed by atoms with Crippen molar-refractivity contribution in [3.8, 4) is 11.5 Å². The molecule has 0 saturated carbocycles. The first-order chi connectivity index (χ1) is 9.47. The molecular weight excluding hydrogens is 262 g/mol. The molecule has 0 aliphatic heterocycles. The number of aliphatic carboxylic acids is 1. The van der Waals surface area contributed by atoms with E-state index in [4.69, 9.17) is 14.6 Å². The summed E-state index contributed by atoms with van der Waals surface area (Å²) in [5.74, 6) is -0.323. The number of nitrogens with one attached hydrogen (secondary N) is 1. The third-order valence-electron chi connectivity index (χ3n) is 2.76. The van der Waals surface area contributed by atoms with Crippen LogP contribution in [-0.4, -0.2) is 36.2 Å². The molecule has 20 heavy (non-hydrogen) atoms. The second-order valence-electron chi connectivity index (χ2n) is 4.24. The Balaban J connectivity index is 2.58. The van der Waals surface area contributed by atoms with Gasteiger partial charge in [-0.05, 0) is 37.6 Å². The summed E-state index contributed by atoms with van der Waals surface area (Å²) in [6, 6.07) is 5.89. The molecule has 0 aliphatic carbocycles. The van der Waals surface area contributed by atoms with Gasteiger partial charge in [0.15, 0.2) is 6.10 Å². The van der Waals surface area contributed by atoms with E-state index in [1.54, 1.807) is 45.2 Å². The first kappa shape index (κ1) is 15.8. The summed E-state index contributed by atoms with van der Waals surface area (Å²) in [6.45, 7) is 3.25. The molecule has 2 N–H and O–H groups in total. The zero-order valence-electron chi connectivity index (χ0n) is 11.8. The zero-order chi connectivity index (χ0) is 15.1. The van der Waals surface area contributed by atoms with Crippen LogP contribution in [0.5, 0.6) is 11.5 Å². The van der Waals surface area contributed by atoms with Gasteiger partial charge in [0.2, 0.25) is 0 Å². The molecule has 0 aliphatic rings. The molecule has 6 heteroatoms. The van der Waals surface area contributed by atoms with Gasteiger partial charge in [-0.3, -0.25) is 4.79 Å². The molecule has 1 rings (SSSR count). The van der Waals surface area contributed by atoms with E-state index in [1.165, 1.54) is 0 Å². The normalized spacial score (nSPS) is 13.2. The van der Waals surface area contributed by atoms with E-state index in [0.29, 0.717) is 17.9 Å². The molecule has 110 valence electrons. The molecule has 0 aromatic heterocycles. The van der Waals surface area contributed by atoms with Gasteiger partial charge >= 0.3 is 5.97 Å². The molecule has 0 saturated heterocycles. The third-order valence-corrected chi connectivity index (χ3v) is 2.76. The highest BCUT2D eigenvalue weighted by atomic mass is 16.5. The van der Waals surface area contributed by atoms with Crippen molar-refractivity contribution >= 4 is 11.9 Å². The molecule has 2 atom stereocenters. The van der Waals surface area contributed by atoms with Crippen molar-refractivity contribution < 1.29 is 24.2 Å². The second kappa shape index (κ2) is 7.37. The van der Waals surface area contributed by atoms with Gasteiger partial charge in [0.05, 0.1) is 7.11 Å². The van der Waals surface area contributed by atoms with Gasteiger partial charge in [0.25, 0.3) is 5.91 Å². The summed E-state index contributed by atoms with van der Waals surface area (Å²) in [5, 5.41) is 11.3. The fraction of sp³-hybridized carbons (Fsp3) is 0.429. The van der Waals surface area contributed by atoms with Crippen LogP contribution in [-0.2, 0) is 9.59 Å². The topological polar surface area (TPSA) is 84.9 Å². The number of carboxylic acid groups (broad SMARTS) is 1. The Kier molecular flexibility index (Phi) is 5.83. The summed E-state index contributed by atoms with van der Waals surface area (Å²) >= 11 is 0. The minimum Gasteiger partial charge on any atom is -0.497 e. The quantitative estimate of drug-likeness (QED) is 0.790. The maximum Gasteiger partial charge on any atom is 0.326 e. The van der Waals surface area contributed by atoms with Crippen LogP contribution in [0.25, 0.3) is 0 Å². The number of carboxylic acids is 1. The van der Waals surface area contributed by atoms with Crippen molar-refractivity contribution in [2.45, 2.75) is 32.4 Å². The fourth-order valence-electron chi connectivity index (χ4n) is 1.54. The predicted octanol–water partition coefficient (Wildman–Crippen LogP) is 1.44. The first-order valence-electron chi connectivity index (χ1n) is 6.31. The molecule has 1 aromatic carbocycles. The number of rotatable bonds is 7. The average molecular weight is 281 g/mol. The van der Waals surface area contributed by atoms with E-state index in [-0.39, 0.29) is 0 Å². The van der Waals surface area contributed by atoms with Crippen LogP contribution in [0.3, 0.4) is 0 Å². The van der Waals surface area contributed by atoms with Crippen molar-refractivity contribution in [1.29, 1.82) is 0 Å². The van der Waals surface area contributed by atoms with E-state index in [9.17, 15) is 9.59 Å². The third kappa shape index (κ3) is 4.46. The van der Waals surface area contributed by atoms with Gasteiger partial charge in [-0.2, -0.15) is 0 Å². The monoisotopic (exact) mass is 281 g/mol. The van der Waals surface area contributed by atoms with Crippen LogP contribution in [0, 0.1) is 0 Å². The number of benzene rings is 1. The van der Waals surface area contributed by atoms with E-state index in [2.05, 4.69) is 5.32 Å². The maximum absolute atomic E-state index is 11.8. The maximum atomic E-state index is 11.8. The van der Waals surface area contributed by atoms with Gasteiger partial charge < -0.3 is 19.9 Å². The lowest BCUT2D eigenvalue weighted by molar-refractivity contribution is -0.143. The zero-order valence-corrected chi connectivity index (χ0v) is 11.8. The van der Waals surface area contributed by atoms with Crippen molar-refractivity contribution in [3.05, 3.63) is 24.3 Å².